The van der Waals surface area contributed by atoms with Crippen molar-refractivity contribution in [1.82, 2.24) is 0 Å². The first-order chi connectivity index (χ1) is 42.5. The van der Waals surface area contributed by atoms with Crippen molar-refractivity contribution in [2.75, 3.05) is 39.6 Å². The van der Waals surface area contributed by atoms with Crippen LogP contribution in [0.4, 0.5) is 0 Å². The highest BCUT2D eigenvalue weighted by Crippen LogP contribution is 2.45. The average Bonchev–Trinajstić information content (AvgIpc) is 3.71. The third kappa shape index (κ3) is 62.8. The number of phosphoric acid groups is 2. The Labute approximate surface area is 537 Å². The van der Waals surface area contributed by atoms with Crippen molar-refractivity contribution in [3.8, 4) is 0 Å². The third-order valence-electron chi connectivity index (χ3n) is 16.0. The molecule has 0 aromatic rings. The zero-order valence-electron chi connectivity index (χ0n) is 56.9. The van der Waals surface area contributed by atoms with Gasteiger partial charge in [0.05, 0.1) is 26.4 Å². The lowest BCUT2D eigenvalue weighted by Gasteiger charge is -2.21. The number of ether oxygens (including phenoxy) is 4. The summed E-state index contributed by atoms with van der Waals surface area (Å²) < 4.78 is 68.2. The van der Waals surface area contributed by atoms with Gasteiger partial charge < -0.3 is 33.8 Å². The van der Waals surface area contributed by atoms with Gasteiger partial charge in [-0.1, -0.05) is 304 Å². The van der Waals surface area contributed by atoms with Crippen LogP contribution in [0.5, 0.6) is 0 Å². The Balaban J connectivity index is 5.19. The molecular formula is C69H134O17P2. The lowest BCUT2D eigenvalue weighted by atomic mass is 10.0. The average molecular weight is 1300 g/mol. The van der Waals surface area contributed by atoms with Crippen LogP contribution in [0.1, 0.15) is 356 Å². The SMILES string of the molecule is CCCCCCCCCCCCCCCCCCCCC(=O)O[C@H](COC(=O)CCCCCCCCCC(C)C)COP(=O)(O)OC[C@@H](O)COP(=O)(O)OC[C@@H](COC(=O)CCCCCCCCCCCC)OC(=O)CCCCCCCCCCCC. The van der Waals surface area contributed by atoms with Crippen molar-refractivity contribution >= 4 is 39.5 Å². The Hall–Kier alpha value is -1.94. The molecule has 0 saturated carbocycles. The molecule has 0 bridgehead atoms. The van der Waals surface area contributed by atoms with Crippen molar-refractivity contribution < 1.29 is 80.2 Å². The highest BCUT2D eigenvalue weighted by atomic mass is 31.2. The zero-order valence-corrected chi connectivity index (χ0v) is 58.6. The van der Waals surface area contributed by atoms with Crippen molar-refractivity contribution in [2.45, 2.75) is 374 Å². The van der Waals surface area contributed by atoms with Gasteiger partial charge in [0.1, 0.15) is 19.3 Å². The van der Waals surface area contributed by atoms with Crippen LogP contribution in [-0.4, -0.2) is 96.7 Å². The summed E-state index contributed by atoms with van der Waals surface area (Å²) in [5.74, 6) is -1.42. The molecule has 0 spiro atoms. The van der Waals surface area contributed by atoms with Crippen molar-refractivity contribution in [2.24, 2.45) is 5.92 Å². The summed E-state index contributed by atoms with van der Waals surface area (Å²) >= 11 is 0. The van der Waals surface area contributed by atoms with E-state index in [0.29, 0.717) is 31.6 Å². The van der Waals surface area contributed by atoms with Gasteiger partial charge in [-0.05, 0) is 31.6 Å². The smallest absolute Gasteiger partial charge is 0.462 e. The molecule has 0 fully saturated rings. The molecule has 522 valence electrons. The Morgan fingerprint density at radius 2 is 0.523 bits per heavy atom. The minimum atomic E-state index is -4.95. The van der Waals surface area contributed by atoms with Gasteiger partial charge in [-0.2, -0.15) is 0 Å². The monoisotopic (exact) mass is 1300 g/mol. The maximum absolute atomic E-state index is 13.0. The van der Waals surface area contributed by atoms with Gasteiger partial charge in [-0.25, -0.2) is 9.13 Å². The Kier molecular flexibility index (Phi) is 61.1. The maximum atomic E-state index is 13.0. The molecule has 0 aliphatic rings. The first-order valence-corrected chi connectivity index (χ1v) is 39.1. The summed E-state index contributed by atoms with van der Waals surface area (Å²) in [6.07, 6.45) is 48.6. The van der Waals surface area contributed by atoms with Crippen molar-refractivity contribution in [1.29, 1.82) is 0 Å². The molecule has 88 heavy (non-hydrogen) atoms. The first kappa shape index (κ1) is 86.1. The molecule has 0 radical (unpaired) electrons. The second-order valence-corrected chi connectivity index (χ2v) is 28.3. The molecule has 0 aliphatic carbocycles. The van der Waals surface area contributed by atoms with Crippen LogP contribution in [0.15, 0.2) is 0 Å². The first-order valence-electron chi connectivity index (χ1n) is 36.1. The van der Waals surface area contributed by atoms with Gasteiger partial charge >= 0.3 is 39.5 Å². The van der Waals surface area contributed by atoms with Crippen LogP contribution in [0.3, 0.4) is 0 Å². The van der Waals surface area contributed by atoms with E-state index in [4.69, 9.17) is 37.0 Å². The zero-order chi connectivity index (χ0) is 64.9. The van der Waals surface area contributed by atoms with Crippen LogP contribution in [0.2, 0.25) is 0 Å². The van der Waals surface area contributed by atoms with Crippen LogP contribution >= 0.6 is 15.6 Å². The fourth-order valence-electron chi connectivity index (χ4n) is 10.5. The minimum absolute atomic E-state index is 0.107. The van der Waals surface area contributed by atoms with Crippen molar-refractivity contribution in [3.63, 3.8) is 0 Å². The molecule has 0 rings (SSSR count). The number of carbonyl (C=O) groups excluding carboxylic acids is 4. The number of aliphatic hydroxyl groups excluding tert-OH is 1. The molecule has 0 amide bonds. The summed E-state index contributed by atoms with van der Waals surface area (Å²) in [6.45, 7) is 7.17. The molecule has 0 heterocycles. The number of rotatable bonds is 69. The molecule has 19 heteroatoms. The largest absolute Gasteiger partial charge is 0.472 e. The molecule has 0 aromatic carbocycles. The van der Waals surface area contributed by atoms with E-state index in [0.717, 1.165) is 96.3 Å². The lowest BCUT2D eigenvalue weighted by molar-refractivity contribution is -0.161. The minimum Gasteiger partial charge on any atom is -0.462 e. The van der Waals surface area contributed by atoms with E-state index < -0.39 is 97.5 Å². The van der Waals surface area contributed by atoms with E-state index in [9.17, 15) is 43.2 Å². The normalized spacial score (nSPS) is 14.1. The van der Waals surface area contributed by atoms with Crippen LogP contribution in [-0.2, 0) is 65.4 Å². The van der Waals surface area contributed by atoms with Gasteiger partial charge in [-0.3, -0.25) is 37.3 Å². The van der Waals surface area contributed by atoms with E-state index in [-0.39, 0.29) is 25.7 Å². The molecular weight excluding hydrogens is 1160 g/mol. The molecule has 0 saturated heterocycles. The number of hydrogen-bond donors (Lipinski definition) is 3. The van der Waals surface area contributed by atoms with Crippen LogP contribution < -0.4 is 0 Å². The summed E-state index contributed by atoms with van der Waals surface area (Å²) in [6, 6.07) is 0. The number of unbranched alkanes of at least 4 members (excludes halogenated alkanes) is 41. The second kappa shape index (κ2) is 62.5. The van der Waals surface area contributed by atoms with Gasteiger partial charge in [0.2, 0.25) is 0 Å². The third-order valence-corrected chi connectivity index (χ3v) is 17.9. The predicted octanol–water partition coefficient (Wildman–Crippen LogP) is 19.7. The van der Waals surface area contributed by atoms with Gasteiger partial charge in [0.25, 0.3) is 0 Å². The summed E-state index contributed by atoms with van der Waals surface area (Å²) in [5.41, 5.74) is 0. The molecule has 0 aromatic heterocycles. The Morgan fingerprint density at radius 3 is 0.773 bits per heavy atom. The Bertz CT molecular complexity index is 1700. The van der Waals surface area contributed by atoms with E-state index in [2.05, 4.69) is 34.6 Å². The quantitative estimate of drug-likeness (QED) is 0.0222. The lowest BCUT2D eigenvalue weighted by Crippen LogP contribution is -2.30. The molecule has 3 N–H and O–H groups in total. The van der Waals surface area contributed by atoms with E-state index in [1.165, 1.54) is 173 Å². The van der Waals surface area contributed by atoms with Crippen LogP contribution in [0, 0.1) is 5.92 Å². The van der Waals surface area contributed by atoms with Gasteiger partial charge in [-0.15, -0.1) is 0 Å². The standard InChI is InChI=1S/C69H134O17P2/c1-6-9-12-15-18-21-24-25-26-27-28-29-30-31-34-39-45-50-55-69(74)86-65(59-80-67(72)53-48-43-40-35-36-41-46-51-62(4)5)61-84-88(77,78)82-57-63(70)56-81-87(75,76)83-60-64(85-68(73)54-49-44-38-33-23-20-17-14-11-8-3)58-79-66(71)52-47-42-37-32-22-19-16-13-10-7-2/h62-65,70H,6-61H2,1-5H3,(H,75,76)(H,77,78)/t63-,64+,65+/m0/s1. The second-order valence-electron chi connectivity index (χ2n) is 25.4. The number of carbonyl (C=O) groups is 4. The predicted molar refractivity (Wildman–Crippen MR) is 354 cm³/mol. The molecule has 0 aliphatic heterocycles. The molecule has 5 atom stereocenters. The van der Waals surface area contributed by atoms with E-state index in [1.807, 2.05) is 0 Å². The summed E-state index contributed by atoms with van der Waals surface area (Å²) in [7, 11) is -9.89. The summed E-state index contributed by atoms with van der Waals surface area (Å²) in [4.78, 5) is 72.4. The number of hydrogen-bond acceptors (Lipinski definition) is 15. The number of esters is 4. The highest BCUT2D eigenvalue weighted by molar-refractivity contribution is 7.47. The van der Waals surface area contributed by atoms with Gasteiger partial charge in [0.15, 0.2) is 12.2 Å². The molecule has 17 nitrogen and oxygen atoms in total. The molecule has 2 unspecified atom stereocenters. The summed E-state index contributed by atoms with van der Waals surface area (Å²) in [5, 5.41) is 10.6. The number of phosphoric ester groups is 2. The highest BCUT2D eigenvalue weighted by Gasteiger charge is 2.30. The number of aliphatic hydroxyl groups is 1. The fraction of sp³-hybridized carbons (Fsp3) is 0.942. The van der Waals surface area contributed by atoms with E-state index in [1.54, 1.807) is 0 Å². The maximum Gasteiger partial charge on any atom is 0.472 e. The van der Waals surface area contributed by atoms with Crippen LogP contribution in [0.25, 0.3) is 0 Å². The fourth-order valence-corrected chi connectivity index (χ4v) is 12.0. The van der Waals surface area contributed by atoms with Crippen molar-refractivity contribution in [3.05, 3.63) is 0 Å². The topological polar surface area (TPSA) is 237 Å². The van der Waals surface area contributed by atoms with E-state index >= 15 is 0 Å². The Morgan fingerprint density at radius 1 is 0.307 bits per heavy atom. The van der Waals surface area contributed by atoms with Gasteiger partial charge in [0, 0.05) is 25.7 Å².